The third-order valence-corrected chi connectivity index (χ3v) is 5.89. The average Bonchev–Trinajstić information content (AvgIpc) is 2.80. The van der Waals surface area contributed by atoms with Gasteiger partial charge in [-0.3, -0.25) is 4.79 Å². The molecule has 1 aromatic carbocycles. The second-order valence-corrected chi connectivity index (χ2v) is 7.88. The van der Waals surface area contributed by atoms with Crippen molar-refractivity contribution in [3.8, 4) is 0 Å². The summed E-state index contributed by atoms with van der Waals surface area (Å²) in [5, 5.41) is 3.07. The molecule has 4 rings (SSSR count). The normalized spacial score (nSPS) is 18.9. The molecule has 2 aliphatic rings. The second kappa shape index (κ2) is 9.38. The minimum absolute atomic E-state index is 0.0234. The first-order valence-electron chi connectivity index (χ1n) is 10.6. The lowest BCUT2D eigenvalue weighted by Crippen LogP contribution is -2.41. The number of amides is 1. The van der Waals surface area contributed by atoms with Gasteiger partial charge in [-0.25, -0.2) is 14.4 Å². The molecule has 1 N–H and O–H groups in total. The van der Waals surface area contributed by atoms with Crippen LogP contribution in [0.15, 0.2) is 36.7 Å². The van der Waals surface area contributed by atoms with Crippen LogP contribution in [0.2, 0.25) is 0 Å². The predicted molar refractivity (Wildman–Crippen MR) is 113 cm³/mol. The van der Waals surface area contributed by atoms with Crippen LogP contribution in [0.4, 0.5) is 16.0 Å². The maximum atomic E-state index is 13.1. The third-order valence-electron chi connectivity index (χ3n) is 5.89. The number of aromatic nitrogens is 2. The molecule has 0 bridgehead atoms. The third kappa shape index (κ3) is 4.87. The maximum absolute atomic E-state index is 13.1. The molecule has 160 valence electrons. The molecule has 1 atom stereocenters. The highest BCUT2D eigenvalue weighted by atomic mass is 19.1. The number of hydrogen-bond acceptors (Lipinski definition) is 6. The number of halogens is 1. The Kier molecular flexibility index (Phi) is 6.42. The van der Waals surface area contributed by atoms with Gasteiger partial charge in [0.15, 0.2) is 0 Å². The van der Waals surface area contributed by atoms with Crippen molar-refractivity contribution >= 4 is 17.5 Å². The average molecular weight is 413 g/mol. The van der Waals surface area contributed by atoms with E-state index in [1.54, 1.807) is 18.5 Å². The molecule has 3 heterocycles. The summed E-state index contributed by atoms with van der Waals surface area (Å²) >= 11 is 0. The number of nitrogens with one attached hydrogen (secondary N) is 1. The maximum Gasteiger partial charge on any atom is 0.223 e. The second-order valence-electron chi connectivity index (χ2n) is 7.88. The van der Waals surface area contributed by atoms with E-state index >= 15 is 0 Å². The number of anilines is 2. The summed E-state index contributed by atoms with van der Waals surface area (Å²) in [5.41, 5.74) is 0.902. The molecular formula is C22H28FN5O2. The smallest absolute Gasteiger partial charge is 0.223 e. The molecular weight excluding hydrogens is 385 g/mol. The van der Waals surface area contributed by atoms with Crippen LogP contribution >= 0.6 is 0 Å². The van der Waals surface area contributed by atoms with Crippen LogP contribution in [0.1, 0.15) is 31.4 Å². The number of morpholine rings is 1. The van der Waals surface area contributed by atoms with E-state index < -0.39 is 0 Å². The van der Waals surface area contributed by atoms with Gasteiger partial charge in [0.2, 0.25) is 5.91 Å². The van der Waals surface area contributed by atoms with Gasteiger partial charge < -0.3 is 19.9 Å². The zero-order valence-corrected chi connectivity index (χ0v) is 17.3. The van der Waals surface area contributed by atoms with Crippen molar-refractivity contribution in [2.24, 2.45) is 5.92 Å². The van der Waals surface area contributed by atoms with E-state index in [1.165, 1.54) is 12.1 Å². The molecule has 8 heteroatoms. The molecule has 0 aliphatic carbocycles. The van der Waals surface area contributed by atoms with Crippen LogP contribution in [-0.4, -0.2) is 55.3 Å². The van der Waals surface area contributed by atoms with Gasteiger partial charge in [0.1, 0.15) is 23.8 Å². The summed E-state index contributed by atoms with van der Waals surface area (Å²) in [6.45, 7) is 6.60. The Hall–Kier alpha value is -2.74. The van der Waals surface area contributed by atoms with E-state index in [1.807, 2.05) is 13.0 Å². The van der Waals surface area contributed by atoms with E-state index in [-0.39, 0.29) is 23.7 Å². The fraction of sp³-hybridized carbons (Fsp3) is 0.500. The Balaban J connectivity index is 1.31. The predicted octanol–water partition coefficient (Wildman–Crippen LogP) is 2.55. The number of hydrogen-bond donors (Lipinski definition) is 1. The van der Waals surface area contributed by atoms with E-state index in [0.29, 0.717) is 0 Å². The summed E-state index contributed by atoms with van der Waals surface area (Å²) in [5.74, 6) is 1.60. The molecule has 1 unspecified atom stereocenters. The topological polar surface area (TPSA) is 70.6 Å². The van der Waals surface area contributed by atoms with Gasteiger partial charge in [0, 0.05) is 38.2 Å². The number of piperidine rings is 1. The SMILES string of the molecule is CC(NC(=O)C1CCN(c2cc(N3CCOCC3)ncn2)CC1)c1ccc(F)cc1. The van der Waals surface area contributed by atoms with Gasteiger partial charge in [-0.2, -0.15) is 0 Å². The number of carbonyl (C=O) groups is 1. The molecule has 30 heavy (non-hydrogen) atoms. The standard InChI is InChI=1S/C22H28FN5O2/c1-16(17-2-4-19(23)5-3-17)26-22(29)18-6-8-27(9-7-18)20-14-21(25-15-24-20)28-10-12-30-13-11-28/h2-5,14-16,18H,6-13H2,1H3,(H,26,29). The Morgan fingerprint density at radius 2 is 1.67 bits per heavy atom. The Morgan fingerprint density at radius 3 is 2.30 bits per heavy atom. The summed E-state index contributed by atoms with van der Waals surface area (Å²) in [6.07, 6.45) is 3.17. The zero-order valence-electron chi connectivity index (χ0n) is 17.3. The van der Waals surface area contributed by atoms with Crippen LogP contribution in [-0.2, 0) is 9.53 Å². The zero-order chi connectivity index (χ0) is 20.9. The number of rotatable bonds is 5. The lowest BCUT2D eigenvalue weighted by molar-refractivity contribution is -0.126. The molecule has 2 aliphatic heterocycles. The number of carbonyl (C=O) groups excluding carboxylic acids is 1. The lowest BCUT2D eigenvalue weighted by atomic mass is 9.95. The summed E-state index contributed by atoms with van der Waals surface area (Å²) < 4.78 is 18.5. The highest BCUT2D eigenvalue weighted by Crippen LogP contribution is 2.25. The van der Waals surface area contributed by atoms with Crippen LogP contribution < -0.4 is 15.1 Å². The number of nitrogens with zero attached hydrogens (tertiary/aromatic N) is 4. The molecule has 0 radical (unpaired) electrons. The van der Waals surface area contributed by atoms with Crippen LogP contribution in [0.5, 0.6) is 0 Å². The van der Waals surface area contributed by atoms with Gasteiger partial charge in [0.25, 0.3) is 0 Å². The van der Waals surface area contributed by atoms with Crippen molar-refractivity contribution in [1.82, 2.24) is 15.3 Å². The van der Waals surface area contributed by atoms with Crippen molar-refractivity contribution in [2.75, 3.05) is 49.2 Å². The largest absolute Gasteiger partial charge is 0.378 e. The molecule has 0 spiro atoms. The number of ether oxygens (including phenoxy) is 1. The van der Waals surface area contributed by atoms with E-state index in [4.69, 9.17) is 4.74 Å². The van der Waals surface area contributed by atoms with Crippen LogP contribution in [0.3, 0.4) is 0 Å². The van der Waals surface area contributed by atoms with Crippen LogP contribution in [0.25, 0.3) is 0 Å². The Bertz CT molecular complexity index is 849. The monoisotopic (exact) mass is 413 g/mol. The molecule has 1 amide bonds. The van der Waals surface area contributed by atoms with Crippen molar-refractivity contribution in [1.29, 1.82) is 0 Å². The first kappa shape index (κ1) is 20.5. The van der Waals surface area contributed by atoms with Gasteiger partial charge >= 0.3 is 0 Å². The minimum Gasteiger partial charge on any atom is -0.378 e. The molecule has 7 nitrogen and oxygen atoms in total. The van der Waals surface area contributed by atoms with Gasteiger partial charge in [0.05, 0.1) is 19.3 Å². The van der Waals surface area contributed by atoms with Gasteiger partial charge in [-0.1, -0.05) is 12.1 Å². The Labute approximate surface area is 176 Å². The van der Waals surface area contributed by atoms with E-state index in [0.717, 1.165) is 69.4 Å². The molecule has 0 saturated carbocycles. The fourth-order valence-corrected chi connectivity index (χ4v) is 4.01. The van der Waals surface area contributed by atoms with Crippen molar-refractivity contribution in [3.05, 3.63) is 48.0 Å². The van der Waals surface area contributed by atoms with Gasteiger partial charge in [-0.15, -0.1) is 0 Å². The van der Waals surface area contributed by atoms with Crippen molar-refractivity contribution in [3.63, 3.8) is 0 Å². The van der Waals surface area contributed by atoms with Gasteiger partial charge in [-0.05, 0) is 37.5 Å². The lowest BCUT2D eigenvalue weighted by Gasteiger charge is -2.33. The Morgan fingerprint density at radius 1 is 1.07 bits per heavy atom. The quantitative estimate of drug-likeness (QED) is 0.812. The van der Waals surface area contributed by atoms with E-state index in [9.17, 15) is 9.18 Å². The number of benzene rings is 1. The first-order valence-corrected chi connectivity index (χ1v) is 10.6. The molecule has 1 aromatic heterocycles. The summed E-state index contributed by atoms with van der Waals surface area (Å²) in [4.78, 5) is 26.0. The van der Waals surface area contributed by atoms with Crippen molar-refractivity contribution < 1.29 is 13.9 Å². The first-order chi connectivity index (χ1) is 14.6. The fourth-order valence-electron chi connectivity index (χ4n) is 4.01. The molecule has 2 saturated heterocycles. The van der Waals surface area contributed by atoms with Crippen LogP contribution in [0, 0.1) is 11.7 Å². The molecule has 2 fully saturated rings. The summed E-state index contributed by atoms with van der Waals surface area (Å²) in [7, 11) is 0. The van der Waals surface area contributed by atoms with Crippen molar-refractivity contribution in [2.45, 2.75) is 25.8 Å². The minimum atomic E-state index is -0.272. The summed E-state index contributed by atoms with van der Waals surface area (Å²) in [6, 6.07) is 8.15. The molecule has 2 aromatic rings. The highest BCUT2D eigenvalue weighted by Gasteiger charge is 2.27. The highest BCUT2D eigenvalue weighted by molar-refractivity contribution is 5.79. The van der Waals surface area contributed by atoms with E-state index in [2.05, 4.69) is 25.1 Å².